The zero-order valence-corrected chi connectivity index (χ0v) is 11.2. The number of hydrogen-bond donors (Lipinski definition) is 1. The van der Waals surface area contributed by atoms with Gasteiger partial charge in [-0.05, 0) is 29.7 Å². The van der Waals surface area contributed by atoms with Crippen LogP contribution in [0.5, 0.6) is 5.75 Å². The van der Waals surface area contributed by atoms with Gasteiger partial charge in [0.05, 0.1) is 0 Å². The molecule has 2 aromatic carbocycles. The van der Waals surface area contributed by atoms with Crippen LogP contribution in [0.2, 0.25) is 0 Å². The molecule has 1 atom stereocenters. The van der Waals surface area contributed by atoms with Gasteiger partial charge in [0.15, 0.2) is 0 Å². The van der Waals surface area contributed by atoms with Crippen molar-refractivity contribution in [2.75, 3.05) is 6.61 Å². The van der Waals surface area contributed by atoms with E-state index in [2.05, 4.69) is 31.0 Å². The molecule has 2 N–H and O–H groups in total. The third-order valence-electron chi connectivity index (χ3n) is 3.30. The molecule has 0 bridgehead atoms. The molecule has 0 aromatic heterocycles. The maximum atomic E-state index is 6.10. The van der Waals surface area contributed by atoms with Crippen molar-refractivity contribution in [3.8, 4) is 18.1 Å². The number of hydrogen-bond acceptors (Lipinski definition) is 2. The number of benzene rings is 2. The third kappa shape index (κ3) is 3.07. The molecule has 1 unspecified atom stereocenters. The van der Waals surface area contributed by atoms with Crippen LogP contribution in [0.3, 0.4) is 0 Å². The lowest BCUT2D eigenvalue weighted by molar-refractivity contribution is 0.365. The molecule has 2 aromatic rings. The Morgan fingerprint density at radius 3 is 2.79 bits per heavy atom. The van der Waals surface area contributed by atoms with Crippen molar-refractivity contribution in [2.45, 2.75) is 25.8 Å². The quantitative estimate of drug-likeness (QED) is 0.831. The number of fused-ring (bicyclic) bond motifs is 1. The van der Waals surface area contributed by atoms with Crippen molar-refractivity contribution in [1.82, 2.24) is 0 Å². The van der Waals surface area contributed by atoms with Crippen LogP contribution in [0.1, 0.15) is 18.9 Å². The molecule has 19 heavy (non-hydrogen) atoms. The first-order valence-corrected chi connectivity index (χ1v) is 6.58. The SMILES string of the molecule is C#CCOc1ccc2ccccc2c1CC(N)CC. The summed E-state index contributed by atoms with van der Waals surface area (Å²) in [4.78, 5) is 0. The fourth-order valence-corrected chi connectivity index (χ4v) is 2.19. The minimum atomic E-state index is 0.138. The van der Waals surface area contributed by atoms with Crippen LogP contribution in [0, 0.1) is 12.3 Å². The van der Waals surface area contributed by atoms with Gasteiger partial charge in [0.25, 0.3) is 0 Å². The number of nitrogens with two attached hydrogens (primary N) is 1. The Bertz CT molecular complexity index is 598. The van der Waals surface area contributed by atoms with Crippen molar-refractivity contribution in [3.63, 3.8) is 0 Å². The fraction of sp³-hybridized carbons (Fsp3) is 0.294. The van der Waals surface area contributed by atoms with Gasteiger partial charge >= 0.3 is 0 Å². The fourth-order valence-electron chi connectivity index (χ4n) is 2.19. The van der Waals surface area contributed by atoms with E-state index in [-0.39, 0.29) is 12.6 Å². The Balaban J connectivity index is 2.48. The molecular formula is C17H19NO. The molecule has 0 aliphatic rings. The van der Waals surface area contributed by atoms with Gasteiger partial charge in [-0.25, -0.2) is 0 Å². The second kappa shape index (κ2) is 6.26. The molecule has 0 spiro atoms. The van der Waals surface area contributed by atoms with Gasteiger partial charge in [-0.3, -0.25) is 0 Å². The van der Waals surface area contributed by atoms with Gasteiger partial charge < -0.3 is 10.5 Å². The van der Waals surface area contributed by atoms with Gasteiger partial charge in [-0.2, -0.15) is 0 Å². The molecular weight excluding hydrogens is 234 g/mol. The lowest BCUT2D eigenvalue weighted by Gasteiger charge is -2.16. The molecule has 98 valence electrons. The lowest BCUT2D eigenvalue weighted by atomic mass is 9.97. The largest absolute Gasteiger partial charge is 0.481 e. The lowest BCUT2D eigenvalue weighted by Crippen LogP contribution is -2.22. The van der Waals surface area contributed by atoms with E-state index in [1.54, 1.807) is 0 Å². The Morgan fingerprint density at radius 1 is 1.26 bits per heavy atom. The monoisotopic (exact) mass is 253 g/mol. The summed E-state index contributed by atoms with van der Waals surface area (Å²) < 4.78 is 5.65. The van der Waals surface area contributed by atoms with Crippen molar-refractivity contribution in [3.05, 3.63) is 42.0 Å². The highest BCUT2D eigenvalue weighted by molar-refractivity contribution is 5.87. The van der Waals surface area contributed by atoms with E-state index in [9.17, 15) is 0 Å². The van der Waals surface area contributed by atoms with Gasteiger partial charge in [0, 0.05) is 11.6 Å². The topological polar surface area (TPSA) is 35.2 Å². The second-order valence-electron chi connectivity index (χ2n) is 4.63. The van der Waals surface area contributed by atoms with E-state index >= 15 is 0 Å². The highest BCUT2D eigenvalue weighted by Gasteiger charge is 2.11. The standard InChI is InChI=1S/C17H19NO/c1-3-11-19-17-10-9-13-7-5-6-8-15(13)16(17)12-14(18)4-2/h1,5-10,14H,4,11-12,18H2,2H3. The molecule has 0 aliphatic heterocycles. The van der Waals surface area contributed by atoms with Gasteiger partial charge in [-0.1, -0.05) is 43.2 Å². The maximum absolute atomic E-state index is 6.10. The molecule has 2 heteroatoms. The molecule has 0 saturated heterocycles. The van der Waals surface area contributed by atoms with Crippen molar-refractivity contribution in [1.29, 1.82) is 0 Å². The van der Waals surface area contributed by atoms with E-state index in [0.29, 0.717) is 0 Å². The maximum Gasteiger partial charge on any atom is 0.148 e. The summed E-state index contributed by atoms with van der Waals surface area (Å²) in [7, 11) is 0. The van der Waals surface area contributed by atoms with Crippen LogP contribution in [0.25, 0.3) is 10.8 Å². The van der Waals surface area contributed by atoms with Crippen LogP contribution in [0.15, 0.2) is 36.4 Å². The molecule has 2 nitrogen and oxygen atoms in total. The zero-order valence-electron chi connectivity index (χ0n) is 11.2. The molecule has 2 rings (SSSR count). The van der Waals surface area contributed by atoms with Crippen molar-refractivity contribution in [2.24, 2.45) is 5.73 Å². The van der Waals surface area contributed by atoms with E-state index in [0.717, 1.165) is 24.2 Å². The summed E-state index contributed by atoms with van der Waals surface area (Å²) in [6, 6.07) is 12.5. The Kier molecular flexibility index (Phi) is 4.43. The molecule has 0 amide bonds. The summed E-state index contributed by atoms with van der Waals surface area (Å²) in [6.07, 6.45) is 7.01. The van der Waals surface area contributed by atoms with Crippen LogP contribution in [-0.2, 0) is 6.42 Å². The van der Waals surface area contributed by atoms with Crippen LogP contribution < -0.4 is 10.5 Å². The highest BCUT2D eigenvalue weighted by atomic mass is 16.5. The van der Waals surface area contributed by atoms with Crippen molar-refractivity contribution < 1.29 is 4.74 Å². The van der Waals surface area contributed by atoms with Crippen LogP contribution in [0.4, 0.5) is 0 Å². The zero-order chi connectivity index (χ0) is 13.7. The average molecular weight is 253 g/mol. The summed E-state index contributed by atoms with van der Waals surface area (Å²) >= 11 is 0. The van der Waals surface area contributed by atoms with E-state index in [1.165, 1.54) is 10.8 Å². The predicted molar refractivity (Wildman–Crippen MR) is 80.2 cm³/mol. The third-order valence-corrected chi connectivity index (χ3v) is 3.30. The van der Waals surface area contributed by atoms with Gasteiger partial charge in [-0.15, -0.1) is 6.42 Å². The first-order valence-electron chi connectivity index (χ1n) is 6.58. The first-order chi connectivity index (χ1) is 9.26. The minimum Gasteiger partial charge on any atom is -0.481 e. The molecule has 0 fully saturated rings. The second-order valence-corrected chi connectivity index (χ2v) is 4.63. The Labute approximate surface area is 114 Å². The molecule has 0 aliphatic carbocycles. The van der Waals surface area contributed by atoms with Crippen LogP contribution >= 0.6 is 0 Å². The Hall–Kier alpha value is -1.98. The van der Waals surface area contributed by atoms with E-state index in [4.69, 9.17) is 16.9 Å². The summed E-state index contributed by atoms with van der Waals surface area (Å²) in [5.41, 5.74) is 7.25. The molecule has 0 radical (unpaired) electrons. The number of terminal acetylenes is 1. The van der Waals surface area contributed by atoms with E-state index < -0.39 is 0 Å². The summed E-state index contributed by atoms with van der Waals surface area (Å²) in [6.45, 7) is 2.38. The first kappa shape index (κ1) is 13.5. The highest BCUT2D eigenvalue weighted by Crippen LogP contribution is 2.29. The predicted octanol–water partition coefficient (Wildman–Crippen LogP) is 3.13. The number of rotatable bonds is 5. The molecule has 0 heterocycles. The minimum absolute atomic E-state index is 0.138. The smallest absolute Gasteiger partial charge is 0.148 e. The van der Waals surface area contributed by atoms with Gasteiger partial charge in [0.1, 0.15) is 12.4 Å². The normalized spacial score (nSPS) is 12.1. The number of ether oxygens (including phenoxy) is 1. The van der Waals surface area contributed by atoms with E-state index in [1.807, 2.05) is 18.2 Å². The summed E-state index contributed by atoms with van der Waals surface area (Å²) in [5.74, 6) is 3.35. The van der Waals surface area contributed by atoms with Crippen LogP contribution in [-0.4, -0.2) is 12.6 Å². The Morgan fingerprint density at radius 2 is 2.05 bits per heavy atom. The van der Waals surface area contributed by atoms with Gasteiger partial charge in [0.2, 0.25) is 0 Å². The average Bonchev–Trinajstić information content (AvgIpc) is 2.46. The summed E-state index contributed by atoms with van der Waals surface area (Å²) in [5, 5.41) is 2.40. The van der Waals surface area contributed by atoms with Crippen molar-refractivity contribution >= 4 is 10.8 Å². The molecule has 0 saturated carbocycles.